The Morgan fingerprint density at radius 1 is 0.795 bits per heavy atom. The summed E-state index contributed by atoms with van der Waals surface area (Å²) in [7, 11) is 0. The fourth-order valence-corrected chi connectivity index (χ4v) is 4.44. The Hall–Kier alpha value is -4.55. The third-order valence-corrected chi connectivity index (χ3v) is 6.45. The van der Waals surface area contributed by atoms with Gasteiger partial charge in [-0.2, -0.15) is 0 Å². The summed E-state index contributed by atoms with van der Waals surface area (Å²) in [6, 6.07) is 31.8. The highest BCUT2D eigenvalue weighted by Gasteiger charge is 2.28. The Kier molecular flexibility index (Phi) is 6.78. The Morgan fingerprint density at radius 3 is 2.26 bits per heavy atom. The predicted molar refractivity (Wildman–Crippen MR) is 148 cm³/mol. The second-order valence-corrected chi connectivity index (χ2v) is 9.82. The number of aromatic nitrogens is 1. The molecular formula is C33H29NO5. The summed E-state index contributed by atoms with van der Waals surface area (Å²) in [6.07, 6.45) is 1.72. The molecule has 0 spiro atoms. The van der Waals surface area contributed by atoms with E-state index in [1.54, 1.807) is 6.20 Å². The molecule has 0 unspecified atom stereocenters. The van der Waals surface area contributed by atoms with E-state index in [2.05, 4.69) is 4.98 Å². The van der Waals surface area contributed by atoms with Crippen LogP contribution < -0.4 is 14.2 Å². The molecule has 0 aliphatic carbocycles. The Morgan fingerprint density at radius 2 is 1.51 bits per heavy atom. The molecule has 6 nitrogen and oxygen atoms in total. The molecule has 1 aliphatic heterocycles. The molecule has 0 amide bonds. The SMILES string of the molecule is CC1(C)OCc2cc(-c3ncc(-c4cccc(OCc5ccccc5)c4OCc4ccccc4)o3)ccc2O1. The van der Waals surface area contributed by atoms with Crippen molar-refractivity contribution in [2.24, 2.45) is 0 Å². The molecule has 0 fully saturated rings. The van der Waals surface area contributed by atoms with E-state index >= 15 is 0 Å². The van der Waals surface area contributed by atoms with Crippen LogP contribution in [0.1, 0.15) is 30.5 Å². The lowest BCUT2D eigenvalue weighted by Crippen LogP contribution is -2.35. The maximum Gasteiger partial charge on any atom is 0.226 e. The van der Waals surface area contributed by atoms with Gasteiger partial charge in [-0.3, -0.25) is 0 Å². The first kappa shape index (κ1) is 24.8. The van der Waals surface area contributed by atoms with E-state index in [4.69, 9.17) is 23.4 Å². The van der Waals surface area contributed by atoms with Crippen LogP contribution in [0.4, 0.5) is 0 Å². The molecule has 1 aromatic heterocycles. The van der Waals surface area contributed by atoms with E-state index in [1.807, 2.05) is 111 Å². The predicted octanol–water partition coefficient (Wildman–Crippen LogP) is 7.81. The van der Waals surface area contributed by atoms with Crippen molar-refractivity contribution in [1.29, 1.82) is 0 Å². The van der Waals surface area contributed by atoms with Crippen molar-refractivity contribution in [3.05, 3.63) is 120 Å². The van der Waals surface area contributed by atoms with Crippen LogP contribution in [0.3, 0.4) is 0 Å². The summed E-state index contributed by atoms with van der Waals surface area (Å²) in [4.78, 5) is 4.58. The van der Waals surface area contributed by atoms with Gasteiger partial charge in [-0.15, -0.1) is 0 Å². The first-order chi connectivity index (χ1) is 19.0. The molecule has 39 heavy (non-hydrogen) atoms. The van der Waals surface area contributed by atoms with Gasteiger partial charge >= 0.3 is 0 Å². The van der Waals surface area contributed by atoms with E-state index in [1.165, 1.54) is 0 Å². The van der Waals surface area contributed by atoms with E-state index in [0.29, 0.717) is 43.0 Å². The van der Waals surface area contributed by atoms with Crippen molar-refractivity contribution in [3.63, 3.8) is 0 Å². The number of nitrogens with zero attached hydrogens (tertiary/aromatic N) is 1. The standard InChI is InChI=1S/C33H29NO5/c1-33(2)37-22-26-18-25(16-17-28(26)39-33)32-34-19-30(38-32)27-14-9-15-29(35-20-23-10-5-3-6-11-23)31(27)36-21-24-12-7-4-8-13-24/h3-19H,20-22H2,1-2H3. The van der Waals surface area contributed by atoms with Gasteiger partial charge in [0.15, 0.2) is 17.3 Å². The third-order valence-electron chi connectivity index (χ3n) is 6.45. The van der Waals surface area contributed by atoms with Gasteiger partial charge in [-0.05, 0) is 41.5 Å². The van der Waals surface area contributed by atoms with Crippen molar-refractivity contribution in [2.75, 3.05) is 0 Å². The summed E-state index contributed by atoms with van der Waals surface area (Å²) in [5, 5.41) is 0. The molecule has 0 saturated carbocycles. The van der Waals surface area contributed by atoms with E-state index < -0.39 is 5.79 Å². The average molecular weight is 520 g/mol. The van der Waals surface area contributed by atoms with Crippen molar-refractivity contribution in [1.82, 2.24) is 4.98 Å². The second kappa shape index (κ2) is 10.7. The van der Waals surface area contributed by atoms with Gasteiger partial charge in [-0.1, -0.05) is 66.7 Å². The number of hydrogen-bond donors (Lipinski definition) is 0. The molecule has 196 valence electrons. The fraction of sp³-hybridized carbons (Fsp3) is 0.182. The summed E-state index contributed by atoms with van der Waals surface area (Å²) in [5.74, 6) is 2.49. The van der Waals surface area contributed by atoms with Crippen LogP contribution >= 0.6 is 0 Å². The number of oxazole rings is 1. The van der Waals surface area contributed by atoms with Crippen LogP contribution in [-0.2, 0) is 24.6 Å². The lowest BCUT2D eigenvalue weighted by Gasteiger charge is -2.32. The summed E-state index contributed by atoms with van der Waals surface area (Å²) < 4.78 is 30.6. The molecule has 0 radical (unpaired) electrons. The molecule has 2 heterocycles. The van der Waals surface area contributed by atoms with Gasteiger partial charge in [-0.25, -0.2) is 4.98 Å². The van der Waals surface area contributed by atoms with E-state index in [0.717, 1.165) is 33.6 Å². The topological polar surface area (TPSA) is 63.0 Å². The number of fused-ring (bicyclic) bond motifs is 1. The van der Waals surface area contributed by atoms with Gasteiger partial charge in [0.1, 0.15) is 19.0 Å². The van der Waals surface area contributed by atoms with Crippen LogP contribution in [0, 0.1) is 0 Å². The Bertz CT molecular complexity index is 1560. The summed E-state index contributed by atoms with van der Waals surface area (Å²) in [6.45, 7) is 5.08. The fourth-order valence-electron chi connectivity index (χ4n) is 4.44. The molecule has 4 aromatic carbocycles. The first-order valence-electron chi connectivity index (χ1n) is 12.9. The van der Waals surface area contributed by atoms with Crippen molar-refractivity contribution < 1.29 is 23.4 Å². The van der Waals surface area contributed by atoms with Crippen LogP contribution in [0.25, 0.3) is 22.8 Å². The quantitative estimate of drug-likeness (QED) is 0.208. The molecule has 0 N–H and O–H groups in total. The van der Waals surface area contributed by atoms with Crippen LogP contribution in [-0.4, -0.2) is 10.8 Å². The number of benzene rings is 4. The largest absolute Gasteiger partial charge is 0.485 e. The second-order valence-electron chi connectivity index (χ2n) is 9.82. The number of hydrogen-bond acceptors (Lipinski definition) is 6. The number of rotatable bonds is 8. The normalized spacial score (nSPS) is 13.8. The molecule has 5 aromatic rings. The highest BCUT2D eigenvalue weighted by Crippen LogP contribution is 2.41. The molecule has 6 rings (SSSR count). The maximum absolute atomic E-state index is 6.36. The Balaban J connectivity index is 1.30. The van der Waals surface area contributed by atoms with Crippen LogP contribution in [0.5, 0.6) is 17.2 Å². The molecule has 1 aliphatic rings. The lowest BCUT2D eigenvalue weighted by atomic mass is 10.1. The van der Waals surface area contributed by atoms with Crippen LogP contribution in [0.15, 0.2) is 108 Å². The molecule has 6 heteroatoms. The van der Waals surface area contributed by atoms with E-state index in [-0.39, 0.29) is 0 Å². The molecular weight excluding hydrogens is 490 g/mol. The highest BCUT2D eigenvalue weighted by molar-refractivity contribution is 5.71. The van der Waals surface area contributed by atoms with Crippen molar-refractivity contribution >= 4 is 0 Å². The van der Waals surface area contributed by atoms with Gasteiger partial charge < -0.3 is 23.4 Å². The zero-order chi connectivity index (χ0) is 26.7. The smallest absolute Gasteiger partial charge is 0.226 e. The summed E-state index contributed by atoms with van der Waals surface area (Å²) in [5.41, 5.74) is 4.69. The average Bonchev–Trinajstić information content (AvgIpc) is 3.46. The van der Waals surface area contributed by atoms with Crippen molar-refractivity contribution in [3.8, 4) is 40.0 Å². The van der Waals surface area contributed by atoms with E-state index in [9.17, 15) is 0 Å². The lowest BCUT2D eigenvalue weighted by molar-refractivity contribution is -0.180. The number of ether oxygens (including phenoxy) is 4. The minimum absolute atomic E-state index is 0.391. The molecule has 0 atom stereocenters. The number of para-hydroxylation sites is 1. The Labute approximate surface area is 227 Å². The zero-order valence-electron chi connectivity index (χ0n) is 21.9. The van der Waals surface area contributed by atoms with Crippen LogP contribution in [0.2, 0.25) is 0 Å². The minimum atomic E-state index is -0.644. The third kappa shape index (κ3) is 5.66. The first-order valence-corrected chi connectivity index (χ1v) is 12.9. The minimum Gasteiger partial charge on any atom is -0.485 e. The van der Waals surface area contributed by atoms with Gasteiger partial charge in [0, 0.05) is 25.0 Å². The van der Waals surface area contributed by atoms with Gasteiger partial charge in [0.05, 0.1) is 18.4 Å². The molecule has 0 saturated heterocycles. The summed E-state index contributed by atoms with van der Waals surface area (Å²) >= 11 is 0. The maximum atomic E-state index is 6.36. The van der Waals surface area contributed by atoms with Gasteiger partial charge in [0.25, 0.3) is 0 Å². The monoisotopic (exact) mass is 519 g/mol. The zero-order valence-corrected chi connectivity index (χ0v) is 21.9. The van der Waals surface area contributed by atoms with Gasteiger partial charge in [0.2, 0.25) is 11.7 Å². The van der Waals surface area contributed by atoms with Crippen molar-refractivity contribution in [2.45, 2.75) is 39.5 Å². The highest BCUT2D eigenvalue weighted by atomic mass is 16.7. The molecule has 0 bridgehead atoms.